The third kappa shape index (κ3) is 7.93. The van der Waals surface area contributed by atoms with Crippen LogP contribution in [0.1, 0.15) is 72.6 Å². The molecule has 5 heterocycles. The Morgan fingerprint density at radius 3 is 1.97 bits per heavy atom. The molecule has 1 amide bonds. The predicted molar refractivity (Wildman–Crippen MR) is 247 cm³/mol. The summed E-state index contributed by atoms with van der Waals surface area (Å²) in [6.07, 6.45) is -2.85. The number of methoxy groups -OCH3 is 1. The fourth-order valence-corrected chi connectivity index (χ4v) is 9.69. The Morgan fingerprint density at radius 2 is 1.34 bits per heavy atom. The van der Waals surface area contributed by atoms with Crippen LogP contribution in [0.5, 0.6) is 5.75 Å². The van der Waals surface area contributed by atoms with Gasteiger partial charge in [0.05, 0.1) is 19.5 Å². The molecule has 0 aliphatic carbocycles. The quantitative estimate of drug-likeness (QED) is 0.0916. The summed E-state index contributed by atoms with van der Waals surface area (Å²) >= 11 is 0. The van der Waals surface area contributed by atoms with Crippen LogP contribution in [0.2, 0.25) is 0 Å². The number of fused-ring (bicyclic) bond motifs is 2. The van der Waals surface area contributed by atoms with E-state index in [-0.39, 0.29) is 29.6 Å². The molecule has 3 aliphatic rings. The van der Waals surface area contributed by atoms with Gasteiger partial charge < -0.3 is 38.6 Å². The molecular weight excluding hydrogens is 853 g/mol. The Labute approximate surface area is 386 Å². The van der Waals surface area contributed by atoms with Gasteiger partial charge in [-0.05, 0) is 74.2 Å². The van der Waals surface area contributed by atoms with Gasteiger partial charge in [0.15, 0.2) is 29.3 Å². The zero-order valence-electron chi connectivity index (χ0n) is 37.6. The molecule has 67 heavy (non-hydrogen) atoms. The number of nitrogens with one attached hydrogen (secondary N) is 2. The van der Waals surface area contributed by atoms with E-state index in [1.54, 1.807) is 68.5 Å². The lowest BCUT2D eigenvalue weighted by Gasteiger charge is -2.37. The topological polar surface area (TPSA) is 168 Å². The highest BCUT2D eigenvalue weighted by Crippen LogP contribution is 2.46. The van der Waals surface area contributed by atoms with Crippen molar-refractivity contribution in [3.05, 3.63) is 190 Å². The minimum atomic E-state index is -1.18. The summed E-state index contributed by atoms with van der Waals surface area (Å²) in [7, 11) is 1.62. The van der Waals surface area contributed by atoms with Crippen LogP contribution in [-0.4, -0.2) is 85.9 Å². The number of hydrogen-bond acceptors (Lipinski definition) is 12. The number of anilines is 1. The molecule has 0 radical (unpaired) electrons. The first-order valence-electron chi connectivity index (χ1n) is 22.2. The fraction of sp³-hybridized carbons (Fsp3) is 0.288. The minimum absolute atomic E-state index is 0.0794. The molecule has 15 nitrogen and oxygen atoms in total. The van der Waals surface area contributed by atoms with E-state index < -0.39 is 65.3 Å². The number of amides is 1. The van der Waals surface area contributed by atoms with Crippen LogP contribution >= 0.6 is 0 Å². The van der Waals surface area contributed by atoms with Gasteiger partial charge in [-0.25, -0.2) is 9.78 Å². The molecular formula is C52H50N6O9. The Kier molecular flexibility index (Phi) is 11.2. The maximum atomic E-state index is 14.3. The summed E-state index contributed by atoms with van der Waals surface area (Å²) in [6.45, 7) is 6.87. The summed E-state index contributed by atoms with van der Waals surface area (Å²) in [4.78, 5) is 56.5. The number of rotatable bonds is 12. The lowest BCUT2D eigenvalue weighted by Crippen LogP contribution is -2.45. The zero-order valence-corrected chi connectivity index (χ0v) is 37.6. The van der Waals surface area contributed by atoms with E-state index in [0.29, 0.717) is 16.9 Å². The van der Waals surface area contributed by atoms with Crippen molar-refractivity contribution in [3.8, 4) is 5.75 Å². The molecule has 0 bridgehead atoms. The maximum absolute atomic E-state index is 14.3. The van der Waals surface area contributed by atoms with Gasteiger partial charge in [-0.1, -0.05) is 121 Å². The minimum Gasteiger partial charge on any atom is -0.497 e. The number of esters is 1. The number of imidazole rings is 1. The van der Waals surface area contributed by atoms with Crippen LogP contribution in [0.4, 0.5) is 5.95 Å². The highest BCUT2D eigenvalue weighted by molar-refractivity contribution is 5.96. The summed E-state index contributed by atoms with van der Waals surface area (Å²) in [6, 6.07) is 45.0. The fourth-order valence-electron chi connectivity index (χ4n) is 9.69. The van der Waals surface area contributed by atoms with Gasteiger partial charge >= 0.3 is 5.97 Å². The molecule has 0 saturated carbocycles. The molecule has 7 aromatic rings. The number of aromatic nitrogens is 4. The van der Waals surface area contributed by atoms with Crippen molar-refractivity contribution < 1.29 is 38.0 Å². The molecule has 3 saturated heterocycles. The first-order valence-corrected chi connectivity index (χ1v) is 22.2. The van der Waals surface area contributed by atoms with Crippen LogP contribution < -0.4 is 15.6 Å². The van der Waals surface area contributed by atoms with E-state index in [4.69, 9.17) is 33.4 Å². The second kappa shape index (κ2) is 17.2. The van der Waals surface area contributed by atoms with Crippen LogP contribution in [-0.2, 0) is 34.0 Å². The average Bonchev–Trinajstić information content (AvgIpc) is 4.09. The highest BCUT2D eigenvalue weighted by atomic mass is 16.8. The SMILES string of the molecule is COc1ccc(C(Nc2nc3c(ncn3C3OC(COC(=O)[C@@H]4OC(C)(C)N(C(=O)c5ccccc5)[C@H]4c4ccccc4)C4OC(C)(C)OC43)c(=O)[nH]2)(c2ccccc2)c2ccccc2)cc1. The second-order valence-electron chi connectivity index (χ2n) is 17.7. The van der Waals surface area contributed by atoms with Gasteiger partial charge in [-0.3, -0.25) is 19.1 Å². The maximum Gasteiger partial charge on any atom is 0.338 e. The van der Waals surface area contributed by atoms with Crippen LogP contribution in [0.3, 0.4) is 0 Å². The number of carbonyl (C=O) groups excluding carboxylic acids is 2. The molecule has 2 N–H and O–H groups in total. The lowest BCUT2D eigenvalue weighted by atomic mass is 9.77. The first-order chi connectivity index (χ1) is 32.4. The molecule has 342 valence electrons. The van der Waals surface area contributed by atoms with E-state index in [1.165, 1.54) is 6.33 Å². The normalized spacial score (nSPS) is 22.9. The second-order valence-corrected chi connectivity index (χ2v) is 17.7. The van der Waals surface area contributed by atoms with Crippen LogP contribution in [0.25, 0.3) is 11.2 Å². The molecule has 10 rings (SSSR count). The van der Waals surface area contributed by atoms with Crippen molar-refractivity contribution >= 4 is 29.0 Å². The third-order valence-corrected chi connectivity index (χ3v) is 12.6. The van der Waals surface area contributed by atoms with Gasteiger partial charge in [0, 0.05) is 5.56 Å². The monoisotopic (exact) mass is 902 g/mol. The van der Waals surface area contributed by atoms with Crippen molar-refractivity contribution in [1.82, 2.24) is 24.4 Å². The third-order valence-electron chi connectivity index (χ3n) is 12.6. The van der Waals surface area contributed by atoms with Gasteiger partial charge in [-0.2, -0.15) is 4.98 Å². The average molecular weight is 903 g/mol. The van der Waals surface area contributed by atoms with Gasteiger partial charge in [-0.15, -0.1) is 0 Å². The Morgan fingerprint density at radius 1 is 0.761 bits per heavy atom. The molecule has 5 aromatic carbocycles. The number of hydrogen-bond donors (Lipinski definition) is 2. The number of benzene rings is 5. The summed E-state index contributed by atoms with van der Waals surface area (Å²) < 4.78 is 39.2. The summed E-state index contributed by atoms with van der Waals surface area (Å²) in [5.74, 6) is -1.15. The number of aromatic amines is 1. The zero-order chi connectivity index (χ0) is 46.5. The van der Waals surface area contributed by atoms with Gasteiger partial charge in [0.1, 0.15) is 41.9 Å². The number of H-pyrrole nitrogens is 1. The number of carbonyl (C=O) groups is 2. The van der Waals surface area contributed by atoms with Crippen LogP contribution in [0, 0.1) is 0 Å². The molecule has 4 unspecified atom stereocenters. The van der Waals surface area contributed by atoms with Gasteiger partial charge in [0.2, 0.25) is 5.95 Å². The van der Waals surface area contributed by atoms with Crippen molar-refractivity contribution in [2.24, 2.45) is 0 Å². The molecule has 3 aliphatic heterocycles. The van der Waals surface area contributed by atoms with Crippen molar-refractivity contribution in [1.29, 1.82) is 0 Å². The van der Waals surface area contributed by atoms with E-state index in [9.17, 15) is 14.4 Å². The van der Waals surface area contributed by atoms with E-state index >= 15 is 0 Å². The Hall–Kier alpha value is -7.17. The van der Waals surface area contributed by atoms with Gasteiger partial charge in [0.25, 0.3) is 11.5 Å². The van der Waals surface area contributed by atoms with E-state index in [0.717, 1.165) is 16.7 Å². The molecule has 0 spiro atoms. The standard InChI is InChI=1S/C52H50N6O9/c1-50(2)58(46(60)33-20-12-7-13-21-33)40(32-18-10-6-11-19-32)42(65-50)48(61)63-30-38-41-43(67-51(3,4)66-41)47(64-38)57-31-53-39-44(57)54-49(55-45(39)59)56-52(34-22-14-8-15-23-34,35-24-16-9-17-25-35)36-26-28-37(62-5)29-27-36/h6-29,31,38,40-43,47H,30H2,1-5H3,(H2,54,55,56,59)/t38?,40-,41?,42+,43?,47?/m0/s1. The van der Waals surface area contributed by atoms with Crippen LogP contribution in [0.15, 0.2) is 157 Å². The smallest absolute Gasteiger partial charge is 0.338 e. The number of nitrogens with zero attached hydrogens (tertiary/aromatic N) is 4. The highest BCUT2D eigenvalue weighted by Gasteiger charge is 2.58. The molecule has 3 fully saturated rings. The van der Waals surface area contributed by atoms with E-state index in [1.807, 2.05) is 121 Å². The molecule has 15 heteroatoms. The summed E-state index contributed by atoms with van der Waals surface area (Å²) in [5.41, 5.74) is 1.40. The largest absolute Gasteiger partial charge is 0.497 e. The van der Waals surface area contributed by atoms with Crippen molar-refractivity contribution in [3.63, 3.8) is 0 Å². The molecule has 2 aromatic heterocycles. The Bertz CT molecular complexity index is 2910. The first kappa shape index (κ1) is 43.7. The number of ether oxygens (including phenoxy) is 6. The molecule has 6 atom stereocenters. The lowest BCUT2D eigenvalue weighted by molar-refractivity contribution is -0.203. The Balaban J connectivity index is 0.967. The van der Waals surface area contributed by atoms with E-state index in [2.05, 4.69) is 15.3 Å². The summed E-state index contributed by atoms with van der Waals surface area (Å²) in [5, 5.41) is 3.65. The van der Waals surface area contributed by atoms with Crippen molar-refractivity contribution in [2.75, 3.05) is 19.0 Å². The van der Waals surface area contributed by atoms with Crippen molar-refractivity contribution in [2.45, 2.75) is 81.4 Å². The predicted octanol–water partition coefficient (Wildman–Crippen LogP) is 7.51.